The van der Waals surface area contributed by atoms with Gasteiger partial charge in [0.05, 0.1) is 20.1 Å². The predicted octanol–water partition coefficient (Wildman–Crippen LogP) is 3.62. The number of hydrogen-bond acceptors (Lipinski definition) is 7. The number of methoxy groups -OCH3 is 1. The lowest BCUT2D eigenvalue weighted by molar-refractivity contribution is -0.132. The molecule has 0 N–H and O–H groups in total. The monoisotopic (exact) mass is 422 g/mol. The highest BCUT2D eigenvalue weighted by Gasteiger charge is 2.27. The summed E-state index contributed by atoms with van der Waals surface area (Å²) < 4.78 is 16.6. The number of aromatic nitrogens is 3. The van der Waals surface area contributed by atoms with Crippen molar-refractivity contribution in [3.8, 4) is 23.0 Å². The number of likely N-dealkylation sites (tertiary alicyclic amines) is 1. The first-order chi connectivity index (χ1) is 15.1. The van der Waals surface area contributed by atoms with Gasteiger partial charge in [0.15, 0.2) is 11.5 Å². The molecule has 1 aliphatic heterocycles. The molecule has 1 amide bonds. The van der Waals surface area contributed by atoms with Crippen LogP contribution in [0.4, 0.5) is 0 Å². The first kappa shape index (κ1) is 20.8. The molecule has 1 fully saturated rings. The van der Waals surface area contributed by atoms with Crippen LogP contribution in [0.3, 0.4) is 0 Å². The Kier molecular flexibility index (Phi) is 6.45. The number of hydrogen-bond donors (Lipinski definition) is 0. The number of nitrogens with zero attached hydrogens (tertiary/aromatic N) is 4. The molecule has 2 aromatic heterocycles. The van der Waals surface area contributed by atoms with Crippen LogP contribution in [0.15, 0.2) is 47.1 Å². The normalized spacial score (nSPS) is 14.5. The van der Waals surface area contributed by atoms with Crippen molar-refractivity contribution in [1.82, 2.24) is 20.0 Å². The summed E-state index contributed by atoms with van der Waals surface area (Å²) in [5.74, 6) is 2.68. The van der Waals surface area contributed by atoms with Crippen LogP contribution < -0.4 is 9.47 Å². The van der Waals surface area contributed by atoms with E-state index in [0.717, 1.165) is 18.4 Å². The van der Waals surface area contributed by atoms with Crippen LogP contribution in [-0.4, -0.2) is 52.7 Å². The second-order valence-electron chi connectivity index (χ2n) is 7.58. The SMILES string of the molecule is COc1cc(C)ccc1OCCC(=O)N1CCC(c2nc(-c3ccccn3)no2)CC1. The first-order valence-corrected chi connectivity index (χ1v) is 10.4. The average Bonchev–Trinajstić information content (AvgIpc) is 3.31. The van der Waals surface area contributed by atoms with Crippen molar-refractivity contribution < 1.29 is 18.8 Å². The van der Waals surface area contributed by atoms with Gasteiger partial charge in [-0.25, -0.2) is 0 Å². The van der Waals surface area contributed by atoms with Gasteiger partial charge in [-0.2, -0.15) is 4.98 Å². The number of benzene rings is 1. The Morgan fingerprint density at radius 1 is 1.19 bits per heavy atom. The van der Waals surface area contributed by atoms with Gasteiger partial charge in [-0.1, -0.05) is 17.3 Å². The molecule has 1 aliphatic rings. The Labute approximate surface area is 181 Å². The second-order valence-corrected chi connectivity index (χ2v) is 7.58. The van der Waals surface area contributed by atoms with E-state index in [1.807, 2.05) is 48.2 Å². The fraction of sp³-hybridized carbons (Fsp3) is 0.391. The van der Waals surface area contributed by atoms with E-state index in [4.69, 9.17) is 14.0 Å². The third kappa shape index (κ3) is 5.02. The number of aryl methyl sites for hydroxylation is 1. The second kappa shape index (κ2) is 9.59. The van der Waals surface area contributed by atoms with E-state index < -0.39 is 0 Å². The van der Waals surface area contributed by atoms with Crippen molar-refractivity contribution in [3.05, 3.63) is 54.0 Å². The number of pyridine rings is 1. The third-order valence-corrected chi connectivity index (χ3v) is 5.43. The Balaban J connectivity index is 1.25. The maximum atomic E-state index is 12.6. The molecule has 0 saturated carbocycles. The smallest absolute Gasteiger partial charge is 0.230 e. The van der Waals surface area contributed by atoms with E-state index in [2.05, 4.69) is 15.1 Å². The fourth-order valence-corrected chi connectivity index (χ4v) is 3.68. The molecule has 4 rings (SSSR count). The van der Waals surface area contributed by atoms with E-state index in [-0.39, 0.29) is 11.8 Å². The van der Waals surface area contributed by atoms with Gasteiger partial charge in [0, 0.05) is 25.2 Å². The molecule has 0 radical (unpaired) electrons. The van der Waals surface area contributed by atoms with Crippen molar-refractivity contribution in [2.45, 2.75) is 32.1 Å². The van der Waals surface area contributed by atoms with E-state index in [0.29, 0.717) is 55.0 Å². The van der Waals surface area contributed by atoms with Gasteiger partial charge in [-0.05, 0) is 49.6 Å². The molecule has 31 heavy (non-hydrogen) atoms. The zero-order valence-corrected chi connectivity index (χ0v) is 17.8. The van der Waals surface area contributed by atoms with Crippen LogP contribution in [0.1, 0.15) is 36.6 Å². The number of carbonyl (C=O) groups excluding carboxylic acids is 1. The lowest BCUT2D eigenvalue weighted by atomic mass is 9.96. The largest absolute Gasteiger partial charge is 0.493 e. The van der Waals surface area contributed by atoms with Crippen molar-refractivity contribution in [1.29, 1.82) is 0 Å². The van der Waals surface area contributed by atoms with Crippen LogP contribution >= 0.6 is 0 Å². The van der Waals surface area contributed by atoms with Gasteiger partial charge in [0.25, 0.3) is 0 Å². The summed E-state index contributed by atoms with van der Waals surface area (Å²) in [6, 6.07) is 11.3. The molecule has 8 heteroatoms. The molecular weight excluding hydrogens is 396 g/mol. The Morgan fingerprint density at radius 3 is 2.77 bits per heavy atom. The van der Waals surface area contributed by atoms with Gasteiger partial charge in [-0.3, -0.25) is 9.78 Å². The van der Waals surface area contributed by atoms with Crippen LogP contribution in [-0.2, 0) is 4.79 Å². The summed E-state index contributed by atoms with van der Waals surface area (Å²) in [4.78, 5) is 23.2. The average molecular weight is 422 g/mol. The first-order valence-electron chi connectivity index (χ1n) is 10.4. The number of carbonyl (C=O) groups is 1. The zero-order valence-electron chi connectivity index (χ0n) is 17.8. The lowest BCUT2D eigenvalue weighted by Crippen LogP contribution is -2.38. The third-order valence-electron chi connectivity index (χ3n) is 5.43. The summed E-state index contributed by atoms with van der Waals surface area (Å²) in [6.45, 7) is 3.64. The van der Waals surface area contributed by atoms with Crippen LogP contribution in [0.5, 0.6) is 11.5 Å². The molecule has 0 aliphatic carbocycles. The van der Waals surface area contributed by atoms with Gasteiger partial charge >= 0.3 is 0 Å². The fourth-order valence-electron chi connectivity index (χ4n) is 3.68. The number of rotatable bonds is 7. The summed E-state index contributed by atoms with van der Waals surface area (Å²) in [5.41, 5.74) is 1.78. The van der Waals surface area contributed by atoms with Crippen LogP contribution in [0, 0.1) is 6.92 Å². The predicted molar refractivity (Wildman–Crippen MR) is 114 cm³/mol. The molecule has 3 heterocycles. The van der Waals surface area contributed by atoms with E-state index in [1.165, 1.54) is 0 Å². The van der Waals surface area contributed by atoms with Gasteiger partial charge in [0.1, 0.15) is 5.69 Å². The minimum absolute atomic E-state index is 0.0873. The maximum Gasteiger partial charge on any atom is 0.230 e. The molecule has 8 nitrogen and oxygen atoms in total. The Hall–Kier alpha value is -3.42. The molecule has 3 aromatic rings. The summed E-state index contributed by atoms with van der Waals surface area (Å²) in [7, 11) is 1.61. The van der Waals surface area contributed by atoms with E-state index in [1.54, 1.807) is 13.3 Å². The standard InChI is InChI=1S/C23H26N4O4/c1-16-6-7-19(20(15-16)29-2)30-14-10-21(28)27-12-8-17(9-13-27)23-25-22(26-31-23)18-5-3-4-11-24-18/h3-7,11,15,17H,8-10,12-14H2,1-2H3. The molecule has 0 unspecified atom stereocenters. The quantitative estimate of drug-likeness (QED) is 0.574. The molecule has 0 atom stereocenters. The van der Waals surface area contributed by atoms with Crippen molar-refractivity contribution in [2.24, 2.45) is 0 Å². The Bertz CT molecular complexity index is 1010. The molecule has 1 aromatic carbocycles. The summed E-state index contributed by atoms with van der Waals surface area (Å²) >= 11 is 0. The number of amides is 1. The maximum absolute atomic E-state index is 12.6. The highest BCUT2D eigenvalue weighted by Crippen LogP contribution is 2.29. The zero-order chi connectivity index (χ0) is 21.6. The van der Waals surface area contributed by atoms with E-state index >= 15 is 0 Å². The molecular formula is C23H26N4O4. The topological polar surface area (TPSA) is 90.6 Å². The number of ether oxygens (including phenoxy) is 2. The van der Waals surface area contributed by atoms with Gasteiger partial charge in [0.2, 0.25) is 17.6 Å². The molecule has 1 saturated heterocycles. The van der Waals surface area contributed by atoms with Crippen molar-refractivity contribution in [3.63, 3.8) is 0 Å². The highest BCUT2D eigenvalue weighted by molar-refractivity contribution is 5.76. The highest BCUT2D eigenvalue weighted by atomic mass is 16.5. The lowest BCUT2D eigenvalue weighted by Gasteiger charge is -2.30. The number of piperidine rings is 1. The molecule has 0 spiro atoms. The van der Waals surface area contributed by atoms with Crippen LogP contribution in [0.25, 0.3) is 11.5 Å². The Morgan fingerprint density at radius 2 is 2.03 bits per heavy atom. The van der Waals surface area contributed by atoms with Gasteiger partial charge in [-0.15, -0.1) is 0 Å². The van der Waals surface area contributed by atoms with Crippen molar-refractivity contribution >= 4 is 5.91 Å². The minimum Gasteiger partial charge on any atom is -0.493 e. The molecule has 162 valence electrons. The summed E-state index contributed by atoms with van der Waals surface area (Å²) in [5, 5.41) is 4.05. The molecule has 0 bridgehead atoms. The van der Waals surface area contributed by atoms with E-state index in [9.17, 15) is 4.79 Å². The van der Waals surface area contributed by atoms with Crippen molar-refractivity contribution in [2.75, 3.05) is 26.8 Å². The summed E-state index contributed by atoms with van der Waals surface area (Å²) in [6.07, 6.45) is 3.62. The van der Waals surface area contributed by atoms with Crippen LogP contribution in [0.2, 0.25) is 0 Å². The van der Waals surface area contributed by atoms with Gasteiger partial charge < -0.3 is 18.9 Å². The minimum atomic E-state index is 0.0873.